The number of pyridine rings is 1. The molecule has 0 radical (unpaired) electrons. The second-order valence-electron chi connectivity index (χ2n) is 5.22. The Balaban J connectivity index is 2.18. The van der Waals surface area contributed by atoms with Crippen molar-refractivity contribution in [3.63, 3.8) is 0 Å². The predicted octanol–water partition coefficient (Wildman–Crippen LogP) is 4.16. The highest BCUT2D eigenvalue weighted by atomic mass is 16.5. The zero-order valence-electron chi connectivity index (χ0n) is 13.4. The normalized spacial score (nSPS) is 10.7. The number of hydrogen-bond donors (Lipinski definition) is 1. The lowest BCUT2D eigenvalue weighted by atomic mass is 10.1. The summed E-state index contributed by atoms with van der Waals surface area (Å²) in [6.07, 6.45) is 0.870. The molecular formula is C18H24N2O. The van der Waals surface area contributed by atoms with Crippen LogP contribution < -0.4 is 10.1 Å². The van der Waals surface area contributed by atoms with E-state index in [1.54, 1.807) is 0 Å². The molecule has 21 heavy (non-hydrogen) atoms. The minimum Gasteiger partial charge on any atom is -0.455 e. The van der Waals surface area contributed by atoms with Gasteiger partial charge >= 0.3 is 0 Å². The summed E-state index contributed by atoms with van der Waals surface area (Å²) >= 11 is 0. The second-order valence-corrected chi connectivity index (χ2v) is 5.22. The molecule has 0 bridgehead atoms. The van der Waals surface area contributed by atoms with Crippen LogP contribution in [0.1, 0.15) is 36.4 Å². The van der Waals surface area contributed by atoms with Gasteiger partial charge in [0.05, 0.1) is 5.69 Å². The van der Waals surface area contributed by atoms with Crippen LogP contribution in [-0.4, -0.2) is 11.5 Å². The molecule has 2 rings (SSSR count). The smallest absolute Gasteiger partial charge is 0.148 e. The van der Waals surface area contributed by atoms with Gasteiger partial charge < -0.3 is 10.1 Å². The number of nitrogens with one attached hydrogen (secondary N) is 1. The van der Waals surface area contributed by atoms with Gasteiger partial charge in [-0.25, -0.2) is 0 Å². The van der Waals surface area contributed by atoms with Crippen molar-refractivity contribution in [3.8, 4) is 11.5 Å². The first-order chi connectivity index (χ1) is 10.1. The molecule has 2 aromatic rings. The number of aromatic nitrogens is 1. The Morgan fingerprint density at radius 3 is 2.57 bits per heavy atom. The Morgan fingerprint density at radius 1 is 1.10 bits per heavy atom. The van der Waals surface area contributed by atoms with Crippen molar-refractivity contribution < 1.29 is 4.74 Å². The lowest BCUT2D eigenvalue weighted by Gasteiger charge is -2.12. The molecule has 0 aliphatic carbocycles. The first-order valence-corrected chi connectivity index (χ1v) is 7.58. The van der Waals surface area contributed by atoms with Crippen molar-refractivity contribution in [2.24, 2.45) is 0 Å². The summed E-state index contributed by atoms with van der Waals surface area (Å²) in [6, 6.07) is 10.2. The first kappa shape index (κ1) is 15.5. The third-order valence-corrected chi connectivity index (χ3v) is 3.51. The SMILES string of the molecule is CCNCc1ccc(Oc2ccc(C)nc2CC)cc1C. The minimum atomic E-state index is 0.849. The van der Waals surface area contributed by atoms with E-state index in [4.69, 9.17) is 4.74 Å². The van der Waals surface area contributed by atoms with E-state index in [1.807, 2.05) is 25.1 Å². The predicted molar refractivity (Wildman–Crippen MR) is 87.0 cm³/mol. The van der Waals surface area contributed by atoms with Crippen LogP contribution in [0.5, 0.6) is 11.5 Å². The zero-order valence-corrected chi connectivity index (χ0v) is 13.4. The van der Waals surface area contributed by atoms with Crippen molar-refractivity contribution in [1.82, 2.24) is 10.3 Å². The fourth-order valence-corrected chi connectivity index (χ4v) is 2.26. The van der Waals surface area contributed by atoms with Crippen LogP contribution in [0, 0.1) is 13.8 Å². The molecule has 0 saturated carbocycles. The monoisotopic (exact) mass is 284 g/mol. The van der Waals surface area contributed by atoms with Crippen molar-refractivity contribution in [2.45, 2.75) is 40.7 Å². The van der Waals surface area contributed by atoms with Crippen molar-refractivity contribution in [2.75, 3.05) is 6.54 Å². The second kappa shape index (κ2) is 7.23. The van der Waals surface area contributed by atoms with Crippen LogP contribution in [-0.2, 0) is 13.0 Å². The molecular weight excluding hydrogens is 260 g/mol. The van der Waals surface area contributed by atoms with Gasteiger partial charge in [-0.2, -0.15) is 0 Å². The molecule has 0 spiro atoms. The van der Waals surface area contributed by atoms with Crippen molar-refractivity contribution >= 4 is 0 Å². The maximum Gasteiger partial charge on any atom is 0.148 e. The Morgan fingerprint density at radius 2 is 1.90 bits per heavy atom. The summed E-state index contributed by atoms with van der Waals surface area (Å²) in [5.74, 6) is 1.72. The first-order valence-electron chi connectivity index (χ1n) is 7.58. The van der Waals surface area contributed by atoms with Gasteiger partial charge in [0.2, 0.25) is 0 Å². The molecule has 0 saturated heterocycles. The Bertz CT molecular complexity index is 608. The van der Waals surface area contributed by atoms with Crippen LogP contribution in [0.4, 0.5) is 0 Å². The third-order valence-electron chi connectivity index (χ3n) is 3.51. The zero-order chi connectivity index (χ0) is 15.2. The molecule has 0 aliphatic heterocycles. The van der Waals surface area contributed by atoms with Gasteiger partial charge in [0.1, 0.15) is 11.5 Å². The van der Waals surface area contributed by atoms with Crippen molar-refractivity contribution in [1.29, 1.82) is 0 Å². The standard InChI is InChI=1S/C18H24N2O/c1-5-17-18(10-7-14(4)20-17)21-16-9-8-15(12-19-6-2)13(3)11-16/h7-11,19H,5-6,12H2,1-4H3. The average molecular weight is 284 g/mol. The van der Waals surface area contributed by atoms with Gasteiger partial charge in [-0.1, -0.05) is 19.9 Å². The van der Waals surface area contributed by atoms with Gasteiger partial charge in [-0.3, -0.25) is 4.98 Å². The molecule has 1 heterocycles. The molecule has 3 nitrogen and oxygen atoms in total. The quantitative estimate of drug-likeness (QED) is 0.864. The summed E-state index contributed by atoms with van der Waals surface area (Å²) < 4.78 is 6.01. The molecule has 1 aromatic carbocycles. The Hall–Kier alpha value is -1.87. The molecule has 3 heteroatoms. The number of nitrogens with zero attached hydrogens (tertiary/aromatic N) is 1. The summed E-state index contributed by atoms with van der Waals surface area (Å²) in [5, 5.41) is 3.35. The summed E-state index contributed by atoms with van der Waals surface area (Å²) in [7, 11) is 0. The van der Waals surface area contributed by atoms with Gasteiger partial charge in [-0.15, -0.1) is 0 Å². The number of aryl methyl sites for hydroxylation is 3. The highest BCUT2D eigenvalue weighted by Gasteiger charge is 2.07. The summed E-state index contributed by atoms with van der Waals surface area (Å²) in [4.78, 5) is 4.53. The molecule has 0 amide bonds. The number of ether oxygens (including phenoxy) is 1. The van der Waals surface area contributed by atoms with Crippen molar-refractivity contribution in [3.05, 3.63) is 52.8 Å². The van der Waals surface area contributed by atoms with Gasteiger partial charge in [-0.05, 0) is 62.2 Å². The van der Waals surface area contributed by atoms with E-state index in [1.165, 1.54) is 11.1 Å². The summed E-state index contributed by atoms with van der Waals surface area (Å²) in [6.45, 7) is 10.2. The highest BCUT2D eigenvalue weighted by Crippen LogP contribution is 2.26. The largest absolute Gasteiger partial charge is 0.455 e. The van der Waals surface area contributed by atoms with Crippen LogP contribution >= 0.6 is 0 Å². The topological polar surface area (TPSA) is 34.1 Å². The minimum absolute atomic E-state index is 0.849. The maximum atomic E-state index is 6.01. The molecule has 0 unspecified atom stereocenters. The summed E-state index contributed by atoms with van der Waals surface area (Å²) in [5.41, 5.74) is 4.58. The van der Waals surface area contributed by atoms with E-state index < -0.39 is 0 Å². The maximum absolute atomic E-state index is 6.01. The number of rotatable bonds is 6. The lowest BCUT2D eigenvalue weighted by molar-refractivity contribution is 0.472. The molecule has 1 N–H and O–H groups in total. The van der Waals surface area contributed by atoms with Crippen LogP contribution in [0.3, 0.4) is 0 Å². The molecule has 112 valence electrons. The van der Waals surface area contributed by atoms with E-state index >= 15 is 0 Å². The third kappa shape index (κ3) is 4.05. The van der Waals surface area contributed by atoms with Gasteiger partial charge in [0.25, 0.3) is 0 Å². The highest BCUT2D eigenvalue weighted by molar-refractivity contribution is 5.39. The molecule has 1 aromatic heterocycles. The Kier molecular flexibility index (Phi) is 5.34. The number of hydrogen-bond acceptors (Lipinski definition) is 3. The lowest BCUT2D eigenvalue weighted by Crippen LogP contribution is -2.12. The molecule has 0 fully saturated rings. The van der Waals surface area contributed by atoms with Crippen LogP contribution in [0.2, 0.25) is 0 Å². The average Bonchev–Trinajstić information content (AvgIpc) is 2.48. The van der Waals surface area contributed by atoms with E-state index in [9.17, 15) is 0 Å². The molecule has 0 aliphatic rings. The van der Waals surface area contributed by atoms with E-state index in [0.717, 1.165) is 42.4 Å². The Labute approximate surface area is 127 Å². The molecule has 0 atom stereocenters. The van der Waals surface area contributed by atoms with Crippen LogP contribution in [0.15, 0.2) is 30.3 Å². The van der Waals surface area contributed by atoms with E-state index in [-0.39, 0.29) is 0 Å². The van der Waals surface area contributed by atoms with E-state index in [0.29, 0.717) is 0 Å². The fraction of sp³-hybridized carbons (Fsp3) is 0.389. The van der Waals surface area contributed by atoms with E-state index in [2.05, 4.69) is 43.2 Å². The van der Waals surface area contributed by atoms with Gasteiger partial charge in [0.15, 0.2) is 0 Å². The number of benzene rings is 1. The fourth-order valence-electron chi connectivity index (χ4n) is 2.26. The van der Waals surface area contributed by atoms with Crippen LogP contribution in [0.25, 0.3) is 0 Å². The van der Waals surface area contributed by atoms with Gasteiger partial charge in [0, 0.05) is 12.2 Å².